The average Bonchev–Trinajstić information content (AvgIpc) is 2.95. The first kappa shape index (κ1) is 15.8. The van der Waals surface area contributed by atoms with E-state index in [4.69, 9.17) is 4.42 Å². The molecule has 0 fully saturated rings. The number of hydrogen-bond acceptors (Lipinski definition) is 3. The van der Waals surface area contributed by atoms with Gasteiger partial charge in [0.05, 0.1) is 12.3 Å². The second-order valence-electron chi connectivity index (χ2n) is 5.98. The zero-order valence-corrected chi connectivity index (χ0v) is 13.7. The van der Waals surface area contributed by atoms with Crippen molar-refractivity contribution in [2.75, 3.05) is 20.6 Å². The third-order valence-corrected chi connectivity index (χ3v) is 4.01. The van der Waals surface area contributed by atoms with Crippen LogP contribution in [0.25, 0.3) is 0 Å². The highest BCUT2D eigenvalue weighted by molar-refractivity contribution is 5.32. The molecule has 0 bridgehead atoms. The fourth-order valence-corrected chi connectivity index (χ4v) is 2.64. The average molecular weight is 286 g/mol. The number of hydrogen-bond donors (Lipinski definition) is 1. The molecule has 2 atom stereocenters. The van der Waals surface area contributed by atoms with Gasteiger partial charge in [0.2, 0.25) is 0 Å². The topological polar surface area (TPSA) is 28.4 Å². The molecule has 114 valence electrons. The largest absolute Gasteiger partial charge is 0.468 e. The molecular weight excluding hydrogens is 260 g/mol. The Morgan fingerprint density at radius 3 is 2.57 bits per heavy atom. The summed E-state index contributed by atoms with van der Waals surface area (Å²) in [6.07, 6.45) is 1.74. The summed E-state index contributed by atoms with van der Waals surface area (Å²) in [6.45, 7) is 7.38. The predicted molar refractivity (Wildman–Crippen MR) is 87.5 cm³/mol. The molecule has 1 aromatic carbocycles. The van der Waals surface area contributed by atoms with Gasteiger partial charge in [0.25, 0.3) is 0 Å². The fourth-order valence-electron chi connectivity index (χ4n) is 2.64. The van der Waals surface area contributed by atoms with Gasteiger partial charge in [-0.15, -0.1) is 0 Å². The Kier molecular flexibility index (Phi) is 5.21. The molecule has 0 aliphatic heterocycles. The zero-order valence-electron chi connectivity index (χ0n) is 13.7. The van der Waals surface area contributed by atoms with Gasteiger partial charge < -0.3 is 9.73 Å². The summed E-state index contributed by atoms with van der Waals surface area (Å²) in [4.78, 5) is 2.18. The van der Waals surface area contributed by atoms with Gasteiger partial charge in [-0.05, 0) is 58.1 Å². The van der Waals surface area contributed by atoms with Gasteiger partial charge in [0.15, 0.2) is 0 Å². The van der Waals surface area contributed by atoms with Crippen LogP contribution < -0.4 is 5.32 Å². The van der Waals surface area contributed by atoms with Gasteiger partial charge in [-0.3, -0.25) is 4.90 Å². The van der Waals surface area contributed by atoms with E-state index in [2.05, 4.69) is 63.3 Å². The smallest absolute Gasteiger partial charge is 0.122 e. The van der Waals surface area contributed by atoms with Crippen LogP contribution >= 0.6 is 0 Å². The minimum atomic E-state index is 0.243. The highest BCUT2D eigenvalue weighted by atomic mass is 16.3. The van der Waals surface area contributed by atoms with Crippen LogP contribution in [0.15, 0.2) is 41.0 Å². The summed E-state index contributed by atoms with van der Waals surface area (Å²) in [5.74, 6) is 1.00. The van der Waals surface area contributed by atoms with Gasteiger partial charge in [-0.1, -0.05) is 23.8 Å². The van der Waals surface area contributed by atoms with Crippen LogP contribution in [0.1, 0.15) is 41.5 Å². The third-order valence-electron chi connectivity index (χ3n) is 4.01. The first-order valence-corrected chi connectivity index (χ1v) is 7.49. The summed E-state index contributed by atoms with van der Waals surface area (Å²) in [7, 11) is 4.16. The van der Waals surface area contributed by atoms with Crippen molar-refractivity contribution in [2.45, 2.75) is 32.9 Å². The third kappa shape index (κ3) is 3.96. The Balaban J connectivity index is 2.05. The fraction of sp³-hybridized carbons (Fsp3) is 0.444. The standard InChI is InChI=1S/C18H26N2O/c1-13-8-9-14(2)16(11-13)15(3)19-12-17(20(4)5)18-7-6-10-21-18/h6-11,15,17,19H,12H2,1-5H3. The molecule has 1 heterocycles. The Morgan fingerprint density at radius 1 is 1.19 bits per heavy atom. The van der Waals surface area contributed by atoms with E-state index in [1.165, 1.54) is 16.7 Å². The molecule has 2 aromatic rings. The van der Waals surface area contributed by atoms with E-state index >= 15 is 0 Å². The van der Waals surface area contributed by atoms with E-state index in [0.29, 0.717) is 6.04 Å². The maximum Gasteiger partial charge on any atom is 0.122 e. The zero-order chi connectivity index (χ0) is 15.4. The van der Waals surface area contributed by atoms with E-state index in [0.717, 1.165) is 12.3 Å². The highest BCUT2D eigenvalue weighted by Crippen LogP contribution is 2.22. The molecule has 0 amide bonds. The lowest BCUT2D eigenvalue weighted by Gasteiger charge is -2.25. The number of nitrogens with zero attached hydrogens (tertiary/aromatic N) is 1. The maximum absolute atomic E-state index is 5.56. The van der Waals surface area contributed by atoms with Crippen molar-refractivity contribution in [2.24, 2.45) is 0 Å². The van der Waals surface area contributed by atoms with Crippen LogP contribution in [0, 0.1) is 13.8 Å². The normalized spacial score (nSPS) is 14.4. The molecule has 0 saturated heterocycles. The number of furan rings is 1. The molecule has 21 heavy (non-hydrogen) atoms. The molecule has 3 heteroatoms. The molecule has 0 radical (unpaired) electrons. The van der Waals surface area contributed by atoms with E-state index in [9.17, 15) is 0 Å². The number of benzene rings is 1. The van der Waals surface area contributed by atoms with Crippen molar-refractivity contribution >= 4 is 0 Å². The Labute approximate surface area is 128 Å². The Morgan fingerprint density at radius 2 is 1.95 bits per heavy atom. The molecule has 0 saturated carbocycles. The highest BCUT2D eigenvalue weighted by Gasteiger charge is 2.18. The lowest BCUT2D eigenvalue weighted by Crippen LogP contribution is -2.32. The predicted octanol–water partition coefficient (Wildman–Crippen LogP) is 3.85. The molecule has 1 aromatic heterocycles. The first-order valence-electron chi connectivity index (χ1n) is 7.49. The number of aryl methyl sites for hydroxylation is 2. The van der Waals surface area contributed by atoms with E-state index in [-0.39, 0.29) is 6.04 Å². The number of likely N-dealkylation sites (N-methyl/N-ethyl adjacent to an activating group) is 1. The molecule has 1 N–H and O–H groups in total. The van der Waals surface area contributed by atoms with Gasteiger partial charge in [-0.25, -0.2) is 0 Å². The minimum Gasteiger partial charge on any atom is -0.468 e. The van der Waals surface area contributed by atoms with Crippen LogP contribution in [-0.2, 0) is 0 Å². The van der Waals surface area contributed by atoms with Gasteiger partial charge in [0.1, 0.15) is 5.76 Å². The van der Waals surface area contributed by atoms with Crippen molar-refractivity contribution in [3.63, 3.8) is 0 Å². The molecule has 0 aliphatic carbocycles. The van der Waals surface area contributed by atoms with Gasteiger partial charge in [-0.2, -0.15) is 0 Å². The summed E-state index contributed by atoms with van der Waals surface area (Å²) in [6, 6.07) is 11.2. The van der Waals surface area contributed by atoms with Crippen molar-refractivity contribution in [3.8, 4) is 0 Å². The minimum absolute atomic E-state index is 0.243. The molecule has 0 spiro atoms. The Bertz CT molecular complexity index is 561. The molecule has 0 aliphatic rings. The molecule has 2 unspecified atom stereocenters. The summed E-state index contributed by atoms with van der Waals surface area (Å²) >= 11 is 0. The number of rotatable bonds is 6. The second kappa shape index (κ2) is 6.92. The SMILES string of the molecule is Cc1ccc(C)c(C(C)NCC(c2ccco2)N(C)C)c1. The lowest BCUT2D eigenvalue weighted by atomic mass is 9.99. The molecule has 2 rings (SSSR count). The lowest BCUT2D eigenvalue weighted by molar-refractivity contribution is 0.245. The summed E-state index contributed by atoms with van der Waals surface area (Å²) in [5, 5.41) is 3.64. The monoisotopic (exact) mass is 286 g/mol. The van der Waals surface area contributed by atoms with Crippen LogP contribution in [-0.4, -0.2) is 25.5 Å². The summed E-state index contributed by atoms with van der Waals surface area (Å²) < 4.78 is 5.56. The quantitative estimate of drug-likeness (QED) is 0.874. The first-order chi connectivity index (χ1) is 9.99. The van der Waals surface area contributed by atoms with Gasteiger partial charge in [0, 0.05) is 12.6 Å². The van der Waals surface area contributed by atoms with Crippen molar-refractivity contribution in [1.82, 2.24) is 10.2 Å². The van der Waals surface area contributed by atoms with Crippen LogP contribution in [0.5, 0.6) is 0 Å². The van der Waals surface area contributed by atoms with E-state index in [1.54, 1.807) is 6.26 Å². The van der Waals surface area contributed by atoms with Crippen LogP contribution in [0.3, 0.4) is 0 Å². The van der Waals surface area contributed by atoms with Crippen LogP contribution in [0.4, 0.5) is 0 Å². The Hall–Kier alpha value is -1.58. The van der Waals surface area contributed by atoms with E-state index in [1.807, 2.05) is 12.1 Å². The second-order valence-corrected chi connectivity index (χ2v) is 5.98. The van der Waals surface area contributed by atoms with Crippen molar-refractivity contribution < 1.29 is 4.42 Å². The van der Waals surface area contributed by atoms with Crippen LogP contribution in [0.2, 0.25) is 0 Å². The molecule has 3 nitrogen and oxygen atoms in total. The number of nitrogens with one attached hydrogen (secondary N) is 1. The van der Waals surface area contributed by atoms with Crippen molar-refractivity contribution in [3.05, 3.63) is 59.0 Å². The van der Waals surface area contributed by atoms with Crippen molar-refractivity contribution in [1.29, 1.82) is 0 Å². The van der Waals surface area contributed by atoms with Gasteiger partial charge >= 0.3 is 0 Å². The van der Waals surface area contributed by atoms with E-state index < -0.39 is 0 Å². The summed E-state index contributed by atoms with van der Waals surface area (Å²) in [5.41, 5.74) is 4.01. The molecular formula is C18H26N2O. The maximum atomic E-state index is 5.56.